The molecule has 0 spiro atoms. The maximum absolute atomic E-state index is 10.3. The summed E-state index contributed by atoms with van der Waals surface area (Å²) in [5.41, 5.74) is 0. The van der Waals surface area contributed by atoms with Gasteiger partial charge in [0.2, 0.25) is 0 Å². The molecule has 112 valence electrons. The van der Waals surface area contributed by atoms with E-state index in [9.17, 15) is 15.0 Å². The van der Waals surface area contributed by atoms with Crippen molar-refractivity contribution in [1.29, 1.82) is 0 Å². The third kappa shape index (κ3) is 6.31. The average molecular weight is 281 g/mol. The predicted octanol–water partition coefficient (Wildman–Crippen LogP) is 3.58. The predicted molar refractivity (Wildman–Crippen MR) is 77.7 cm³/mol. The van der Waals surface area contributed by atoms with Crippen LogP contribution in [0, 0.1) is 0 Å². The summed E-state index contributed by atoms with van der Waals surface area (Å²) in [6, 6.07) is 2.88. The lowest BCUT2D eigenvalue weighted by atomic mass is 10.1. The van der Waals surface area contributed by atoms with E-state index in [1.54, 1.807) is 6.20 Å². The Morgan fingerprint density at radius 2 is 1.55 bits per heavy atom. The summed E-state index contributed by atoms with van der Waals surface area (Å²) in [5.74, 6) is -0.666. The van der Waals surface area contributed by atoms with Crippen LogP contribution in [-0.4, -0.2) is 25.9 Å². The first-order chi connectivity index (χ1) is 9.61. The number of hydrogen-bond donors (Lipinski definition) is 3. The van der Waals surface area contributed by atoms with Crippen LogP contribution < -0.4 is 0 Å². The second kappa shape index (κ2) is 9.07. The van der Waals surface area contributed by atoms with Gasteiger partial charge < -0.3 is 15.3 Å². The molecule has 0 amide bonds. The zero-order chi connectivity index (χ0) is 14.8. The number of unbranched alkanes of at least 4 members (excludes halogenated alkanes) is 6. The van der Waals surface area contributed by atoms with Crippen molar-refractivity contribution >= 4 is 12.2 Å². The first-order valence-corrected chi connectivity index (χ1v) is 7.09. The van der Waals surface area contributed by atoms with Crippen LogP contribution in [0.25, 0.3) is 6.20 Å². The van der Waals surface area contributed by atoms with Crippen molar-refractivity contribution < 1.29 is 20.1 Å². The number of rotatable bonds is 10. The van der Waals surface area contributed by atoms with Crippen LogP contribution in [0.1, 0.15) is 51.4 Å². The quantitative estimate of drug-likeness (QED) is 0.572. The third-order valence-electron chi connectivity index (χ3n) is 3.14. The fourth-order valence-corrected chi connectivity index (χ4v) is 2.01. The van der Waals surface area contributed by atoms with Gasteiger partial charge in [0, 0.05) is 24.8 Å². The summed E-state index contributed by atoms with van der Waals surface area (Å²) in [6.07, 6.45) is 10.9. The molecule has 1 aromatic rings. The normalized spacial score (nSPS) is 11.2. The van der Waals surface area contributed by atoms with Crippen molar-refractivity contribution in [3.05, 3.63) is 18.2 Å². The van der Waals surface area contributed by atoms with Crippen LogP contribution in [-0.2, 0) is 4.79 Å². The van der Waals surface area contributed by atoms with Crippen molar-refractivity contribution in [1.82, 2.24) is 4.57 Å². The Hall–Kier alpha value is -1.91. The number of carboxylic acids is 1. The molecule has 1 aromatic heterocycles. The summed E-state index contributed by atoms with van der Waals surface area (Å²) < 4.78 is 1.33. The molecule has 1 heterocycles. The Bertz CT molecular complexity index is 418. The van der Waals surface area contributed by atoms with Crippen LogP contribution in [0.4, 0.5) is 0 Å². The smallest absolute Gasteiger partial charge is 0.303 e. The minimum Gasteiger partial charge on any atom is -0.494 e. The number of aromatic hydroxyl groups is 2. The fourth-order valence-electron chi connectivity index (χ4n) is 2.01. The van der Waals surface area contributed by atoms with Crippen LogP contribution in [0.3, 0.4) is 0 Å². The molecule has 0 unspecified atom stereocenters. The Morgan fingerprint density at radius 1 is 1.00 bits per heavy atom. The topological polar surface area (TPSA) is 82.7 Å². The molecule has 0 aromatic carbocycles. The highest BCUT2D eigenvalue weighted by Crippen LogP contribution is 2.21. The molecule has 0 saturated carbocycles. The van der Waals surface area contributed by atoms with Gasteiger partial charge in [-0.2, -0.15) is 0 Å². The molecule has 0 aliphatic heterocycles. The molecular formula is C15H23NO4. The van der Waals surface area contributed by atoms with Crippen molar-refractivity contribution in [3.8, 4) is 11.8 Å². The number of hydrogen-bond acceptors (Lipinski definition) is 3. The summed E-state index contributed by atoms with van der Waals surface area (Å²) >= 11 is 0. The lowest BCUT2D eigenvalue weighted by molar-refractivity contribution is -0.137. The van der Waals surface area contributed by atoms with Crippen LogP contribution in [0.2, 0.25) is 0 Å². The number of allylic oxidation sites excluding steroid dienone is 1. The summed E-state index contributed by atoms with van der Waals surface area (Å²) in [7, 11) is 0. The summed E-state index contributed by atoms with van der Waals surface area (Å²) in [5, 5.41) is 27.3. The van der Waals surface area contributed by atoms with E-state index < -0.39 is 5.97 Å². The highest BCUT2D eigenvalue weighted by Gasteiger charge is 2.00. The second-order valence-electron chi connectivity index (χ2n) is 4.86. The first-order valence-electron chi connectivity index (χ1n) is 7.09. The maximum atomic E-state index is 10.3. The van der Waals surface area contributed by atoms with Crippen molar-refractivity contribution in [3.63, 3.8) is 0 Å². The van der Waals surface area contributed by atoms with E-state index >= 15 is 0 Å². The Balaban J connectivity index is 2.01. The van der Waals surface area contributed by atoms with Gasteiger partial charge in [-0.3, -0.25) is 9.36 Å². The molecule has 0 aliphatic rings. The number of carbonyl (C=O) groups is 1. The molecule has 0 fully saturated rings. The minimum atomic E-state index is -0.716. The van der Waals surface area contributed by atoms with Gasteiger partial charge >= 0.3 is 5.97 Å². The van der Waals surface area contributed by atoms with Crippen molar-refractivity contribution in [2.24, 2.45) is 0 Å². The lowest BCUT2D eigenvalue weighted by Crippen LogP contribution is -1.93. The summed E-state index contributed by atoms with van der Waals surface area (Å²) in [4.78, 5) is 10.3. The number of carboxylic acid groups (broad SMARTS) is 1. The zero-order valence-corrected chi connectivity index (χ0v) is 11.7. The van der Waals surface area contributed by atoms with Crippen LogP contribution in [0.15, 0.2) is 18.2 Å². The molecule has 5 nitrogen and oxygen atoms in total. The largest absolute Gasteiger partial charge is 0.494 e. The molecule has 0 saturated heterocycles. The van der Waals surface area contributed by atoms with E-state index in [2.05, 4.69) is 0 Å². The van der Waals surface area contributed by atoms with Gasteiger partial charge in [0.05, 0.1) is 0 Å². The van der Waals surface area contributed by atoms with E-state index in [1.807, 2.05) is 6.08 Å². The highest BCUT2D eigenvalue weighted by atomic mass is 16.4. The standard InChI is InChI=1S/C15H23NO4/c17-13-10-11-14(18)16(13)12-8-6-4-2-1-3-5-7-9-15(19)20/h8,10-12,17-18H,1-7,9H2,(H,19,20). The van der Waals surface area contributed by atoms with E-state index in [0.29, 0.717) is 0 Å². The Kier molecular flexibility index (Phi) is 7.32. The molecular weight excluding hydrogens is 258 g/mol. The Morgan fingerprint density at radius 3 is 2.15 bits per heavy atom. The fraction of sp³-hybridized carbons (Fsp3) is 0.533. The molecule has 3 N–H and O–H groups in total. The maximum Gasteiger partial charge on any atom is 0.303 e. The van der Waals surface area contributed by atoms with Gasteiger partial charge in [-0.05, 0) is 19.3 Å². The second-order valence-corrected chi connectivity index (χ2v) is 4.86. The van der Waals surface area contributed by atoms with Gasteiger partial charge in [-0.15, -0.1) is 0 Å². The molecule has 0 aliphatic carbocycles. The molecule has 0 bridgehead atoms. The van der Waals surface area contributed by atoms with E-state index in [-0.39, 0.29) is 18.2 Å². The molecule has 0 radical (unpaired) electrons. The number of aliphatic carboxylic acids is 1. The molecule has 5 heteroatoms. The van der Waals surface area contributed by atoms with E-state index in [4.69, 9.17) is 5.11 Å². The Labute approximate surface area is 119 Å². The van der Waals surface area contributed by atoms with Gasteiger partial charge in [-0.1, -0.05) is 31.8 Å². The van der Waals surface area contributed by atoms with E-state index in [0.717, 1.165) is 44.9 Å². The molecule has 20 heavy (non-hydrogen) atoms. The minimum absolute atomic E-state index is 0.0252. The van der Waals surface area contributed by atoms with Crippen LogP contribution >= 0.6 is 0 Å². The SMILES string of the molecule is O=C(O)CCCCCCCCC=Cn1c(O)ccc1O. The summed E-state index contributed by atoms with van der Waals surface area (Å²) in [6.45, 7) is 0. The molecule has 0 atom stereocenters. The lowest BCUT2D eigenvalue weighted by Gasteiger charge is -2.00. The first kappa shape index (κ1) is 16.1. The van der Waals surface area contributed by atoms with Gasteiger partial charge in [0.1, 0.15) is 0 Å². The highest BCUT2D eigenvalue weighted by molar-refractivity contribution is 5.66. The van der Waals surface area contributed by atoms with Crippen LogP contribution in [0.5, 0.6) is 11.8 Å². The number of aromatic nitrogens is 1. The van der Waals surface area contributed by atoms with Gasteiger partial charge in [-0.25, -0.2) is 0 Å². The van der Waals surface area contributed by atoms with Gasteiger partial charge in [0.25, 0.3) is 0 Å². The third-order valence-corrected chi connectivity index (χ3v) is 3.14. The average Bonchev–Trinajstić information content (AvgIpc) is 2.71. The molecule has 1 rings (SSSR count). The number of nitrogens with zero attached hydrogens (tertiary/aromatic N) is 1. The zero-order valence-electron chi connectivity index (χ0n) is 11.7. The van der Waals surface area contributed by atoms with E-state index in [1.165, 1.54) is 16.7 Å². The van der Waals surface area contributed by atoms with Gasteiger partial charge in [0.15, 0.2) is 11.8 Å². The van der Waals surface area contributed by atoms with Crippen molar-refractivity contribution in [2.75, 3.05) is 0 Å². The van der Waals surface area contributed by atoms with Crippen molar-refractivity contribution in [2.45, 2.75) is 51.4 Å². The monoisotopic (exact) mass is 281 g/mol.